The summed E-state index contributed by atoms with van der Waals surface area (Å²) in [5, 5.41) is 3.57. The van der Waals surface area contributed by atoms with Crippen LogP contribution in [0.5, 0.6) is 0 Å². The average molecular weight is 418 g/mol. The summed E-state index contributed by atoms with van der Waals surface area (Å²) < 4.78 is 32.0. The molecule has 1 aromatic rings. The van der Waals surface area contributed by atoms with Gasteiger partial charge in [-0.25, -0.2) is 13.1 Å². The van der Waals surface area contributed by atoms with Crippen molar-refractivity contribution in [3.63, 3.8) is 0 Å². The van der Waals surface area contributed by atoms with Crippen molar-refractivity contribution in [1.82, 2.24) is 14.9 Å². The van der Waals surface area contributed by atoms with Crippen molar-refractivity contribution in [2.75, 3.05) is 27.3 Å². The third-order valence-corrected chi connectivity index (χ3v) is 6.76. The number of carbonyl (C=O) groups excluding carboxylic acids is 1. The molecule has 0 radical (unpaired) electrons. The van der Waals surface area contributed by atoms with Crippen LogP contribution in [0, 0.1) is 0 Å². The molecule has 2 bridgehead atoms. The molecule has 2 aliphatic rings. The molecular formula is C18H28ClN3O4S. The molecular weight excluding hydrogens is 390 g/mol. The molecule has 0 aromatic heterocycles. The maximum atomic E-state index is 12.9. The van der Waals surface area contributed by atoms with Gasteiger partial charge >= 0.3 is 0 Å². The van der Waals surface area contributed by atoms with Gasteiger partial charge in [0, 0.05) is 44.4 Å². The molecule has 2 fully saturated rings. The molecule has 2 unspecified atom stereocenters. The lowest BCUT2D eigenvalue weighted by Crippen LogP contribution is -2.48. The summed E-state index contributed by atoms with van der Waals surface area (Å²) in [7, 11) is -0.332. The Bertz CT molecular complexity index is 747. The number of sulfonamides is 1. The van der Waals surface area contributed by atoms with Crippen LogP contribution in [0.4, 0.5) is 0 Å². The van der Waals surface area contributed by atoms with Crippen molar-refractivity contribution in [2.45, 2.75) is 48.7 Å². The first-order valence-electron chi connectivity index (χ1n) is 9.02. The number of hydrogen-bond donors (Lipinski definition) is 2. The number of nitrogens with zero attached hydrogens (tertiary/aromatic N) is 1. The lowest BCUT2D eigenvalue weighted by Gasteiger charge is -2.35. The third kappa shape index (κ3) is 5.20. The van der Waals surface area contributed by atoms with Crippen LogP contribution in [0.25, 0.3) is 0 Å². The van der Waals surface area contributed by atoms with Gasteiger partial charge in [-0.15, -0.1) is 12.4 Å². The highest BCUT2D eigenvalue weighted by atomic mass is 35.5. The summed E-state index contributed by atoms with van der Waals surface area (Å²) in [6.07, 6.45) is 4.25. The highest BCUT2D eigenvalue weighted by Crippen LogP contribution is 2.30. The second-order valence-corrected chi connectivity index (χ2v) is 8.86. The zero-order valence-electron chi connectivity index (χ0n) is 15.7. The van der Waals surface area contributed by atoms with Crippen LogP contribution in [-0.2, 0) is 14.8 Å². The summed E-state index contributed by atoms with van der Waals surface area (Å²) in [5.41, 5.74) is 0.396. The van der Waals surface area contributed by atoms with Crippen LogP contribution in [0.15, 0.2) is 29.2 Å². The van der Waals surface area contributed by atoms with Crippen molar-refractivity contribution < 1.29 is 17.9 Å². The average Bonchev–Trinajstić information content (AvgIpc) is 2.98. The van der Waals surface area contributed by atoms with Gasteiger partial charge in [0.15, 0.2) is 0 Å². The fraction of sp³-hybridized carbons (Fsp3) is 0.611. The first-order valence-corrected chi connectivity index (χ1v) is 10.5. The second-order valence-electron chi connectivity index (χ2n) is 7.10. The lowest BCUT2D eigenvalue weighted by atomic mass is 9.98. The van der Waals surface area contributed by atoms with Gasteiger partial charge in [-0.2, -0.15) is 0 Å². The van der Waals surface area contributed by atoms with Crippen molar-refractivity contribution in [3.05, 3.63) is 29.8 Å². The first-order chi connectivity index (χ1) is 12.4. The predicted molar refractivity (Wildman–Crippen MR) is 106 cm³/mol. The minimum absolute atomic E-state index is 0. The van der Waals surface area contributed by atoms with E-state index in [0.717, 1.165) is 12.8 Å². The van der Waals surface area contributed by atoms with Crippen LogP contribution < -0.4 is 10.0 Å². The van der Waals surface area contributed by atoms with Crippen LogP contribution in [0.2, 0.25) is 0 Å². The molecule has 0 saturated carbocycles. The summed E-state index contributed by atoms with van der Waals surface area (Å²) in [6, 6.07) is 7.40. The number of piperidine rings is 1. The summed E-state index contributed by atoms with van der Waals surface area (Å²) in [5.74, 6) is -0.134. The van der Waals surface area contributed by atoms with E-state index >= 15 is 0 Å². The Kier molecular flexibility index (Phi) is 7.64. The quantitative estimate of drug-likeness (QED) is 0.654. The Morgan fingerprint density at radius 2 is 1.96 bits per heavy atom. The number of benzene rings is 1. The Morgan fingerprint density at radius 3 is 2.59 bits per heavy atom. The van der Waals surface area contributed by atoms with Gasteiger partial charge in [0.1, 0.15) is 0 Å². The van der Waals surface area contributed by atoms with Crippen LogP contribution >= 0.6 is 12.4 Å². The Balaban J connectivity index is 0.00000261. The molecule has 2 atom stereocenters. The normalized spacial score (nSPS) is 24.3. The minimum Gasteiger partial charge on any atom is -0.383 e. The number of halogens is 1. The summed E-state index contributed by atoms with van der Waals surface area (Å²) in [4.78, 5) is 14.8. The smallest absolute Gasteiger partial charge is 0.253 e. The highest BCUT2D eigenvalue weighted by molar-refractivity contribution is 7.89. The predicted octanol–water partition coefficient (Wildman–Crippen LogP) is 1.39. The van der Waals surface area contributed by atoms with E-state index in [4.69, 9.17) is 4.74 Å². The maximum absolute atomic E-state index is 12.9. The molecule has 0 aliphatic carbocycles. The highest BCUT2D eigenvalue weighted by Gasteiger charge is 2.36. The fourth-order valence-corrected chi connectivity index (χ4v) is 4.93. The number of fused-ring (bicyclic) bond motifs is 2. The van der Waals surface area contributed by atoms with Crippen LogP contribution in [0.3, 0.4) is 0 Å². The molecule has 27 heavy (non-hydrogen) atoms. The zero-order chi connectivity index (χ0) is 18.7. The largest absolute Gasteiger partial charge is 0.383 e. The molecule has 0 spiro atoms. The number of nitrogens with one attached hydrogen (secondary N) is 2. The van der Waals surface area contributed by atoms with Gasteiger partial charge < -0.3 is 15.0 Å². The van der Waals surface area contributed by atoms with Crippen molar-refractivity contribution in [1.29, 1.82) is 0 Å². The monoisotopic (exact) mass is 417 g/mol. The van der Waals surface area contributed by atoms with Crippen LogP contribution in [0.1, 0.15) is 36.0 Å². The van der Waals surface area contributed by atoms with Gasteiger partial charge in [-0.1, -0.05) is 6.07 Å². The SMILES string of the molecule is COCCNS(=O)(=O)c1cccc(C(=O)N(C)C2CC3CCC(C2)N3)c1.Cl. The molecule has 1 aromatic carbocycles. The van der Waals surface area contributed by atoms with E-state index in [0.29, 0.717) is 24.3 Å². The molecule has 152 valence electrons. The van der Waals surface area contributed by atoms with E-state index in [-0.39, 0.29) is 35.8 Å². The lowest BCUT2D eigenvalue weighted by molar-refractivity contribution is 0.0681. The molecule has 2 saturated heterocycles. The first kappa shape index (κ1) is 22.1. The molecule has 2 heterocycles. The van der Waals surface area contributed by atoms with E-state index in [1.165, 1.54) is 32.1 Å². The third-order valence-electron chi connectivity index (χ3n) is 5.31. The van der Waals surface area contributed by atoms with E-state index in [9.17, 15) is 13.2 Å². The number of rotatable bonds is 7. The fourth-order valence-electron chi connectivity index (χ4n) is 3.87. The molecule has 2 aliphatic heterocycles. The van der Waals surface area contributed by atoms with E-state index in [1.807, 2.05) is 7.05 Å². The molecule has 1 amide bonds. The van der Waals surface area contributed by atoms with Crippen molar-refractivity contribution >= 4 is 28.3 Å². The van der Waals surface area contributed by atoms with Gasteiger partial charge in [0.2, 0.25) is 10.0 Å². The van der Waals surface area contributed by atoms with Gasteiger partial charge in [-0.3, -0.25) is 4.79 Å². The summed E-state index contributed by atoms with van der Waals surface area (Å²) in [6.45, 7) is 0.480. The van der Waals surface area contributed by atoms with E-state index in [1.54, 1.807) is 17.0 Å². The summed E-state index contributed by atoms with van der Waals surface area (Å²) >= 11 is 0. The van der Waals surface area contributed by atoms with Gasteiger partial charge in [0.25, 0.3) is 5.91 Å². The molecule has 7 nitrogen and oxygen atoms in total. The molecule has 2 N–H and O–H groups in total. The van der Waals surface area contributed by atoms with Crippen molar-refractivity contribution in [3.8, 4) is 0 Å². The van der Waals surface area contributed by atoms with Crippen LogP contribution in [-0.4, -0.2) is 64.7 Å². The van der Waals surface area contributed by atoms with Gasteiger partial charge in [0.05, 0.1) is 11.5 Å². The Labute approximate surface area is 167 Å². The molecule has 3 rings (SSSR count). The Morgan fingerprint density at radius 1 is 1.30 bits per heavy atom. The second kappa shape index (κ2) is 9.34. The number of ether oxygens (including phenoxy) is 1. The van der Waals surface area contributed by atoms with Crippen molar-refractivity contribution in [2.24, 2.45) is 0 Å². The number of amides is 1. The Hall–Kier alpha value is -1.19. The standard InChI is InChI=1S/C18H27N3O4S.ClH/c1-21(16-11-14-6-7-15(12-16)20-14)18(22)13-4-3-5-17(10-13)26(23,24)19-8-9-25-2;/h3-5,10,14-16,19-20H,6-9,11-12H2,1-2H3;1H. The zero-order valence-corrected chi connectivity index (χ0v) is 17.3. The topological polar surface area (TPSA) is 87.7 Å². The van der Waals surface area contributed by atoms with E-state index in [2.05, 4.69) is 10.0 Å². The van der Waals surface area contributed by atoms with E-state index < -0.39 is 10.0 Å². The van der Waals surface area contributed by atoms with Gasteiger partial charge in [-0.05, 0) is 43.9 Å². The number of methoxy groups -OCH3 is 1. The molecule has 9 heteroatoms. The number of carbonyl (C=O) groups is 1. The number of hydrogen-bond acceptors (Lipinski definition) is 5. The maximum Gasteiger partial charge on any atom is 0.253 e. The minimum atomic E-state index is -3.66.